The molecule has 0 atom stereocenters. The second kappa shape index (κ2) is 4.04. The van der Waals surface area contributed by atoms with E-state index >= 15 is 0 Å². The smallest absolute Gasteiger partial charge is 0.193 e. The molecule has 18 heavy (non-hydrogen) atoms. The maximum Gasteiger partial charge on any atom is 0.193 e. The molecule has 0 bridgehead atoms. The number of fused-ring (bicyclic) bond motifs is 1. The van der Waals surface area contributed by atoms with E-state index in [-0.39, 0.29) is 5.43 Å². The van der Waals surface area contributed by atoms with Crippen LogP contribution in [-0.4, -0.2) is 0 Å². The lowest BCUT2D eigenvalue weighted by Crippen LogP contribution is -2.00. The van der Waals surface area contributed by atoms with Crippen molar-refractivity contribution in [1.82, 2.24) is 0 Å². The van der Waals surface area contributed by atoms with Crippen molar-refractivity contribution in [2.45, 2.75) is 0 Å². The summed E-state index contributed by atoms with van der Waals surface area (Å²) in [5.74, 6) is 0.554. The van der Waals surface area contributed by atoms with Gasteiger partial charge in [-0.3, -0.25) is 4.79 Å². The van der Waals surface area contributed by atoms with Crippen LogP contribution in [0.15, 0.2) is 63.8 Å². The number of hydrogen-bond donors (Lipinski definition) is 1. The lowest BCUT2D eigenvalue weighted by Gasteiger charge is -2.03. The van der Waals surface area contributed by atoms with E-state index in [9.17, 15) is 4.79 Å². The highest BCUT2D eigenvalue weighted by molar-refractivity contribution is 5.81. The van der Waals surface area contributed by atoms with E-state index in [1.807, 2.05) is 30.3 Å². The normalized spacial score (nSPS) is 10.7. The topological polar surface area (TPSA) is 56.2 Å². The Morgan fingerprint density at radius 1 is 0.944 bits per heavy atom. The van der Waals surface area contributed by atoms with Gasteiger partial charge in [0.15, 0.2) is 5.43 Å². The molecule has 1 aromatic heterocycles. The summed E-state index contributed by atoms with van der Waals surface area (Å²) in [4.78, 5) is 12.0. The van der Waals surface area contributed by atoms with E-state index in [2.05, 4.69) is 0 Å². The second-order valence-corrected chi connectivity index (χ2v) is 4.10. The number of benzene rings is 2. The van der Waals surface area contributed by atoms with Gasteiger partial charge in [-0.1, -0.05) is 30.3 Å². The third-order valence-electron chi connectivity index (χ3n) is 2.81. The first kappa shape index (κ1) is 10.6. The molecular weight excluding hydrogens is 226 g/mol. The number of nitrogen functional groups attached to an aromatic ring is 1. The van der Waals surface area contributed by atoms with E-state index in [0.717, 1.165) is 5.56 Å². The van der Waals surface area contributed by atoms with Gasteiger partial charge in [0.1, 0.15) is 11.3 Å². The lowest BCUT2D eigenvalue weighted by molar-refractivity contribution is 0.619. The predicted molar refractivity (Wildman–Crippen MR) is 72.3 cm³/mol. The maximum absolute atomic E-state index is 12.0. The molecule has 0 unspecified atom stereocenters. The highest BCUT2D eigenvalue weighted by Crippen LogP contribution is 2.22. The maximum atomic E-state index is 12.0. The Kier molecular flexibility index (Phi) is 2.38. The molecule has 3 aromatic rings. The molecule has 1 heterocycles. The number of nitrogens with two attached hydrogens (primary N) is 1. The molecule has 88 valence electrons. The van der Waals surface area contributed by atoms with Gasteiger partial charge >= 0.3 is 0 Å². The van der Waals surface area contributed by atoms with Gasteiger partial charge < -0.3 is 10.2 Å². The second-order valence-electron chi connectivity index (χ2n) is 4.10. The molecule has 3 rings (SSSR count). The number of hydrogen-bond acceptors (Lipinski definition) is 3. The van der Waals surface area contributed by atoms with Crippen molar-refractivity contribution in [2.75, 3.05) is 5.73 Å². The molecule has 0 spiro atoms. The van der Waals surface area contributed by atoms with Crippen LogP contribution in [-0.2, 0) is 0 Å². The SMILES string of the molecule is Nc1ccc2c(=O)cc(-c3ccccc3)oc2c1. The van der Waals surface area contributed by atoms with Crippen LogP contribution >= 0.6 is 0 Å². The van der Waals surface area contributed by atoms with Gasteiger partial charge in [0, 0.05) is 23.4 Å². The average molecular weight is 237 g/mol. The molecule has 0 aliphatic carbocycles. The predicted octanol–water partition coefficient (Wildman–Crippen LogP) is 3.04. The summed E-state index contributed by atoms with van der Waals surface area (Å²) in [6, 6.07) is 16.1. The Morgan fingerprint density at radius 2 is 1.72 bits per heavy atom. The summed E-state index contributed by atoms with van der Waals surface area (Å²) in [5.41, 5.74) is 7.61. The summed E-state index contributed by atoms with van der Waals surface area (Å²) in [6.45, 7) is 0. The van der Waals surface area contributed by atoms with Gasteiger partial charge in [-0.05, 0) is 12.1 Å². The minimum absolute atomic E-state index is 0.0601. The van der Waals surface area contributed by atoms with Crippen LogP contribution in [0.25, 0.3) is 22.3 Å². The van der Waals surface area contributed by atoms with E-state index in [1.54, 1.807) is 18.2 Å². The first-order valence-electron chi connectivity index (χ1n) is 5.63. The Morgan fingerprint density at radius 3 is 2.50 bits per heavy atom. The van der Waals surface area contributed by atoms with Crippen LogP contribution in [0.4, 0.5) is 5.69 Å². The van der Waals surface area contributed by atoms with Crippen molar-refractivity contribution in [3.63, 3.8) is 0 Å². The van der Waals surface area contributed by atoms with Crippen molar-refractivity contribution in [1.29, 1.82) is 0 Å². The van der Waals surface area contributed by atoms with Crippen molar-refractivity contribution < 1.29 is 4.42 Å². The molecule has 0 aliphatic rings. The van der Waals surface area contributed by atoms with Gasteiger partial charge in [0.2, 0.25) is 0 Å². The molecule has 0 saturated heterocycles. The average Bonchev–Trinajstić information content (AvgIpc) is 2.39. The number of anilines is 1. The monoisotopic (exact) mass is 237 g/mol. The first-order chi connectivity index (χ1) is 8.74. The van der Waals surface area contributed by atoms with E-state index in [1.165, 1.54) is 6.07 Å². The van der Waals surface area contributed by atoms with Crippen LogP contribution in [0.3, 0.4) is 0 Å². The fourth-order valence-corrected chi connectivity index (χ4v) is 1.92. The Labute approximate surface area is 103 Å². The fraction of sp³-hybridized carbons (Fsp3) is 0. The summed E-state index contributed by atoms with van der Waals surface area (Å²) < 4.78 is 5.73. The molecule has 3 nitrogen and oxygen atoms in total. The minimum atomic E-state index is -0.0601. The van der Waals surface area contributed by atoms with E-state index in [4.69, 9.17) is 10.2 Å². The molecule has 0 radical (unpaired) electrons. The van der Waals surface area contributed by atoms with Gasteiger partial charge in [-0.15, -0.1) is 0 Å². The minimum Gasteiger partial charge on any atom is -0.456 e. The zero-order valence-corrected chi connectivity index (χ0v) is 9.59. The zero-order valence-electron chi connectivity index (χ0n) is 9.59. The molecule has 2 aromatic carbocycles. The van der Waals surface area contributed by atoms with Crippen molar-refractivity contribution in [3.8, 4) is 11.3 Å². The molecular formula is C15H11NO2. The highest BCUT2D eigenvalue weighted by Gasteiger charge is 2.06. The van der Waals surface area contributed by atoms with Crippen LogP contribution in [0.1, 0.15) is 0 Å². The Balaban J connectivity index is 2.30. The summed E-state index contributed by atoms with van der Waals surface area (Å²) in [7, 11) is 0. The van der Waals surface area contributed by atoms with Crippen molar-refractivity contribution >= 4 is 16.7 Å². The Bertz CT molecular complexity index is 760. The molecule has 0 aliphatic heterocycles. The van der Waals surface area contributed by atoms with Gasteiger partial charge in [-0.2, -0.15) is 0 Å². The van der Waals surface area contributed by atoms with Crippen molar-refractivity contribution in [2.24, 2.45) is 0 Å². The van der Waals surface area contributed by atoms with Crippen LogP contribution in [0.2, 0.25) is 0 Å². The quantitative estimate of drug-likeness (QED) is 0.662. The van der Waals surface area contributed by atoms with Crippen molar-refractivity contribution in [3.05, 3.63) is 64.8 Å². The summed E-state index contributed by atoms with van der Waals surface area (Å²) in [6.07, 6.45) is 0. The molecule has 0 amide bonds. The van der Waals surface area contributed by atoms with Crippen LogP contribution < -0.4 is 11.2 Å². The van der Waals surface area contributed by atoms with Gasteiger partial charge in [0.25, 0.3) is 0 Å². The molecule has 0 saturated carbocycles. The van der Waals surface area contributed by atoms with Crippen LogP contribution in [0, 0.1) is 0 Å². The zero-order chi connectivity index (χ0) is 12.5. The first-order valence-corrected chi connectivity index (χ1v) is 5.63. The van der Waals surface area contributed by atoms with Crippen LogP contribution in [0.5, 0.6) is 0 Å². The highest BCUT2D eigenvalue weighted by atomic mass is 16.3. The van der Waals surface area contributed by atoms with Gasteiger partial charge in [-0.25, -0.2) is 0 Å². The van der Waals surface area contributed by atoms with E-state index < -0.39 is 0 Å². The van der Waals surface area contributed by atoms with E-state index in [0.29, 0.717) is 22.4 Å². The van der Waals surface area contributed by atoms with Gasteiger partial charge in [0.05, 0.1) is 5.39 Å². The molecule has 2 N–H and O–H groups in total. The molecule has 0 fully saturated rings. The third kappa shape index (κ3) is 1.76. The summed E-state index contributed by atoms with van der Waals surface area (Å²) >= 11 is 0. The fourth-order valence-electron chi connectivity index (χ4n) is 1.92. The Hall–Kier alpha value is -2.55. The standard InChI is InChI=1S/C15H11NO2/c16-11-6-7-12-13(17)9-14(18-15(12)8-11)10-4-2-1-3-5-10/h1-9H,16H2. The largest absolute Gasteiger partial charge is 0.456 e. The third-order valence-corrected chi connectivity index (χ3v) is 2.81. The summed E-state index contributed by atoms with van der Waals surface area (Å²) in [5, 5.41) is 0.545. The molecule has 3 heteroatoms. The number of rotatable bonds is 1. The lowest BCUT2D eigenvalue weighted by atomic mass is 10.1.